The average molecular weight is 316 g/mol. The highest BCUT2D eigenvalue weighted by molar-refractivity contribution is 8.00. The maximum atomic E-state index is 12.4. The van der Waals surface area contributed by atoms with E-state index < -0.39 is 0 Å². The molecule has 1 heterocycles. The quantitative estimate of drug-likeness (QED) is 0.617. The number of hydrogen-bond donors (Lipinski definition) is 0. The van der Waals surface area contributed by atoms with Crippen LogP contribution in [0.5, 0.6) is 0 Å². The first-order valence-electron chi connectivity index (χ1n) is 7.44. The number of allylic oxidation sites excluding steroid dienone is 2. The standard InChI is InChI=1S/C16H20N4OS/c1-4-20(13-7-5-6-8-13)15(21)10-22-16-14(9-17)11(2)18-12(3)19-16/h7H,4-6,8,10H2,1-3H3. The number of thioether (sulfide) groups is 1. The number of aryl methyl sites for hydroxylation is 2. The van der Waals surface area contributed by atoms with E-state index in [-0.39, 0.29) is 11.7 Å². The smallest absolute Gasteiger partial charge is 0.237 e. The van der Waals surface area contributed by atoms with Crippen LogP contribution in [-0.4, -0.2) is 33.1 Å². The Hall–Kier alpha value is -1.87. The highest BCUT2D eigenvalue weighted by Crippen LogP contribution is 2.25. The van der Waals surface area contributed by atoms with Gasteiger partial charge in [-0.1, -0.05) is 17.8 Å². The molecule has 22 heavy (non-hydrogen) atoms. The number of amides is 1. The van der Waals surface area contributed by atoms with Crippen LogP contribution < -0.4 is 0 Å². The van der Waals surface area contributed by atoms with E-state index in [1.54, 1.807) is 13.8 Å². The van der Waals surface area contributed by atoms with Gasteiger partial charge in [0.25, 0.3) is 0 Å². The second-order valence-corrected chi connectivity index (χ2v) is 6.13. The molecule has 0 radical (unpaired) electrons. The molecule has 0 N–H and O–H groups in total. The fraction of sp³-hybridized carbons (Fsp3) is 0.500. The second kappa shape index (κ2) is 7.41. The molecule has 1 amide bonds. The summed E-state index contributed by atoms with van der Waals surface area (Å²) < 4.78 is 0. The molecule has 0 aromatic carbocycles. The molecule has 2 rings (SSSR count). The van der Waals surface area contributed by atoms with Gasteiger partial charge in [-0.3, -0.25) is 4.79 Å². The largest absolute Gasteiger partial charge is 0.316 e. The van der Waals surface area contributed by atoms with Gasteiger partial charge in [0.05, 0.1) is 11.4 Å². The lowest BCUT2D eigenvalue weighted by Gasteiger charge is -2.22. The predicted octanol–water partition coefficient (Wildman–Crippen LogP) is 2.97. The zero-order chi connectivity index (χ0) is 16.1. The summed E-state index contributed by atoms with van der Waals surface area (Å²) in [7, 11) is 0. The third-order valence-corrected chi connectivity index (χ3v) is 4.55. The van der Waals surface area contributed by atoms with Crippen LogP contribution in [0.3, 0.4) is 0 Å². The lowest BCUT2D eigenvalue weighted by atomic mass is 10.3. The topological polar surface area (TPSA) is 69.9 Å². The average Bonchev–Trinajstić information content (AvgIpc) is 2.99. The molecule has 0 atom stereocenters. The maximum Gasteiger partial charge on any atom is 0.237 e. The molecule has 1 aromatic rings. The van der Waals surface area contributed by atoms with Gasteiger partial charge in [-0.05, 0) is 40.0 Å². The van der Waals surface area contributed by atoms with Gasteiger partial charge < -0.3 is 4.90 Å². The third-order valence-electron chi connectivity index (χ3n) is 3.59. The fourth-order valence-corrected chi connectivity index (χ4v) is 3.51. The summed E-state index contributed by atoms with van der Waals surface area (Å²) in [6.07, 6.45) is 5.29. The summed E-state index contributed by atoms with van der Waals surface area (Å²) in [5, 5.41) is 9.83. The Bertz CT molecular complexity index is 648. The number of carbonyl (C=O) groups is 1. The van der Waals surface area contributed by atoms with E-state index in [2.05, 4.69) is 22.1 Å². The number of nitrogens with zero attached hydrogens (tertiary/aromatic N) is 4. The van der Waals surface area contributed by atoms with Gasteiger partial charge in [-0.15, -0.1) is 0 Å². The third kappa shape index (κ3) is 3.66. The van der Waals surface area contributed by atoms with E-state index in [1.807, 2.05) is 11.8 Å². The molecule has 6 heteroatoms. The van der Waals surface area contributed by atoms with Gasteiger partial charge in [-0.25, -0.2) is 9.97 Å². The molecule has 0 spiro atoms. The molecule has 116 valence electrons. The van der Waals surface area contributed by atoms with Crippen molar-refractivity contribution < 1.29 is 4.79 Å². The Kier molecular flexibility index (Phi) is 5.56. The second-order valence-electron chi connectivity index (χ2n) is 5.16. The van der Waals surface area contributed by atoms with Crippen LogP contribution in [-0.2, 0) is 4.79 Å². The van der Waals surface area contributed by atoms with Gasteiger partial charge in [0.15, 0.2) is 0 Å². The van der Waals surface area contributed by atoms with Gasteiger partial charge >= 0.3 is 0 Å². The lowest BCUT2D eigenvalue weighted by Crippen LogP contribution is -2.31. The first-order valence-corrected chi connectivity index (χ1v) is 8.43. The Morgan fingerprint density at radius 1 is 1.45 bits per heavy atom. The molecular weight excluding hydrogens is 296 g/mol. The SMILES string of the molecule is CCN(C(=O)CSc1nc(C)nc(C)c1C#N)C1=CCCC1. The van der Waals surface area contributed by atoms with Crippen molar-refractivity contribution in [1.82, 2.24) is 14.9 Å². The van der Waals surface area contributed by atoms with E-state index in [0.717, 1.165) is 25.0 Å². The zero-order valence-corrected chi connectivity index (χ0v) is 14.0. The Labute approximate surface area is 135 Å². The zero-order valence-electron chi connectivity index (χ0n) is 13.2. The number of hydrogen-bond acceptors (Lipinski definition) is 5. The normalized spacial score (nSPS) is 13.6. The van der Waals surface area contributed by atoms with Crippen molar-refractivity contribution in [3.63, 3.8) is 0 Å². The van der Waals surface area contributed by atoms with Crippen LogP contribution in [0.2, 0.25) is 0 Å². The molecule has 0 saturated carbocycles. The van der Waals surface area contributed by atoms with E-state index in [0.29, 0.717) is 28.7 Å². The number of rotatable bonds is 5. The minimum absolute atomic E-state index is 0.0680. The summed E-state index contributed by atoms with van der Waals surface area (Å²) in [4.78, 5) is 22.8. The van der Waals surface area contributed by atoms with Gasteiger partial charge in [0.2, 0.25) is 5.91 Å². The molecule has 0 unspecified atom stereocenters. The molecule has 5 nitrogen and oxygen atoms in total. The van der Waals surface area contributed by atoms with Crippen molar-refractivity contribution in [3.8, 4) is 6.07 Å². The number of nitriles is 1. The van der Waals surface area contributed by atoms with Crippen LogP contribution in [0.4, 0.5) is 0 Å². The minimum Gasteiger partial charge on any atom is -0.316 e. The molecule has 1 aliphatic rings. The number of carbonyl (C=O) groups excluding carboxylic acids is 1. The van der Waals surface area contributed by atoms with Gasteiger partial charge in [0.1, 0.15) is 22.5 Å². The monoisotopic (exact) mass is 316 g/mol. The molecule has 1 aliphatic carbocycles. The first-order chi connectivity index (χ1) is 10.6. The molecular formula is C16H20N4OS. The van der Waals surface area contributed by atoms with Crippen molar-refractivity contribution >= 4 is 17.7 Å². The van der Waals surface area contributed by atoms with E-state index in [4.69, 9.17) is 0 Å². The molecule has 0 fully saturated rings. The molecule has 1 aromatic heterocycles. The van der Waals surface area contributed by atoms with Crippen LogP contribution in [0.25, 0.3) is 0 Å². The van der Waals surface area contributed by atoms with Crippen LogP contribution >= 0.6 is 11.8 Å². The summed E-state index contributed by atoms with van der Waals surface area (Å²) >= 11 is 1.32. The van der Waals surface area contributed by atoms with Crippen molar-refractivity contribution in [2.75, 3.05) is 12.3 Å². The fourth-order valence-electron chi connectivity index (χ4n) is 2.56. The molecule has 0 saturated heterocycles. The Morgan fingerprint density at radius 2 is 2.23 bits per heavy atom. The predicted molar refractivity (Wildman–Crippen MR) is 86.3 cm³/mol. The maximum absolute atomic E-state index is 12.4. The van der Waals surface area contributed by atoms with E-state index >= 15 is 0 Å². The van der Waals surface area contributed by atoms with Crippen molar-refractivity contribution in [3.05, 3.63) is 28.9 Å². The highest BCUT2D eigenvalue weighted by atomic mass is 32.2. The van der Waals surface area contributed by atoms with Crippen molar-refractivity contribution in [1.29, 1.82) is 5.26 Å². The summed E-state index contributed by atoms with van der Waals surface area (Å²) in [5.41, 5.74) is 2.26. The first kappa shape index (κ1) is 16.5. The van der Waals surface area contributed by atoms with E-state index in [1.165, 1.54) is 11.8 Å². The minimum atomic E-state index is 0.0680. The van der Waals surface area contributed by atoms with Crippen LogP contribution in [0.1, 0.15) is 43.3 Å². The molecule has 0 bridgehead atoms. The van der Waals surface area contributed by atoms with E-state index in [9.17, 15) is 10.1 Å². The highest BCUT2D eigenvalue weighted by Gasteiger charge is 2.20. The Balaban J connectivity index is 2.09. The van der Waals surface area contributed by atoms with Crippen LogP contribution in [0.15, 0.2) is 16.8 Å². The summed E-state index contributed by atoms with van der Waals surface area (Å²) in [6, 6.07) is 2.13. The van der Waals surface area contributed by atoms with Crippen molar-refractivity contribution in [2.45, 2.75) is 45.1 Å². The summed E-state index contributed by atoms with van der Waals surface area (Å²) in [5.74, 6) is 0.978. The Morgan fingerprint density at radius 3 is 2.82 bits per heavy atom. The van der Waals surface area contributed by atoms with Crippen LogP contribution in [0, 0.1) is 25.2 Å². The number of aromatic nitrogens is 2. The van der Waals surface area contributed by atoms with Gasteiger partial charge in [-0.2, -0.15) is 5.26 Å². The summed E-state index contributed by atoms with van der Waals surface area (Å²) in [6.45, 7) is 6.25. The molecule has 0 aliphatic heterocycles. The lowest BCUT2D eigenvalue weighted by molar-refractivity contribution is -0.126. The van der Waals surface area contributed by atoms with Gasteiger partial charge in [0, 0.05) is 12.2 Å². The van der Waals surface area contributed by atoms with Crippen molar-refractivity contribution in [2.24, 2.45) is 0 Å².